The van der Waals surface area contributed by atoms with Crippen LogP contribution in [0.1, 0.15) is 0 Å². The minimum atomic E-state index is 0.593. The summed E-state index contributed by atoms with van der Waals surface area (Å²) in [5, 5.41) is 2.26. The van der Waals surface area contributed by atoms with Crippen LogP contribution in [0.25, 0.3) is 0 Å². The van der Waals surface area contributed by atoms with Crippen LogP contribution < -0.4 is 11.2 Å². The second-order valence-corrected chi connectivity index (χ2v) is 2.19. The molecule has 0 aromatic heterocycles. The number of hydrogen-bond donors (Lipinski definition) is 2. The standard InChI is InChI=1S/C5H8ClN3/c1-9-5(6)2-4(7)3-8-9/h2-3,8H,7H2,1H3. The van der Waals surface area contributed by atoms with Gasteiger partial charge in [0.1, 0.15) is 5.16 Å². The molecule has 0 radical (unpaired) electrons. The first-order valence-electron chi connectivity index (χ1n) is 2.53. The molecule has 0 fully saturated rings. The van der Waals surface area contributed by atoms with Crippen molar-refractivity contribution in [3.05, 3.63) is 23.1 Å². The molecule has 9 heavy (non-hydrogen) atoms. The predicted molar refractivity (Wildman–Crippen MR) is 37.1 cm³/mol. The van der Waals surface area contributed by atoms with Gasteiger partial charge < -0.3 is 11.2 Å². The highest BCUT2D eigenvalue weighted by Crippen LogP contribution is 2.09. The SMILES string of the molecule is CN1NC=C(N)C=C1Cl. The molecule has 0 spiro atoms. The van der Waals surface area contributed by atoms with Gasteiger partial charge in [-0.05, 0) is 6.08 Å². The van der Waals surface area contributed by atoms with E-state index in [1.54, 1.807) is 17.3 Å². The molecule has 4 heteroatoms. The van der Waals surface area contributed by atoms with Crippen LogP contribution in [0.15, 0.2) is 23.1 Å². The van der Waals surface area contributed by atoms with E-state index >= 15 is 0 Å². The van der Waals surface area contributed by atoms with E-state index in [1.165, 1.54) is 0 Å². The molecule has 3 nitrogen and oxygen atoms in total. The normalized spacial score (nSPS) is 18.2. The van der Waals surface area contributed by atoms with Crippen molar-refractivity contribution < 1.29 is 0 Å². The zero-order valence-electron chi connectivity index (χ0n) is 5.06. The zero-order valence-corrected chi connectivity index (χ0v) is 5.81. The maximum absolute atomic E-state index is 5.67. The Bertz CT molecular complexity index is 173. The van der Waals surface area contributed by atoms with Gasteiger partial charge in [0.25, 0.3) is 0 Å². The Balaban J connectivity index is 2.74. The number of nitrogens with two attached hydrogens (primary N) is 1. The molecule has 0 unspecified atom stereocenters. The lowest BCUT2D eigenvalue weighted by Crippen LogP contribution is -2.31. The van der Waals surface area contributed by atoms with E-state index in [-0.39, 0.29) is 0 Å². The van der Waals surface area contributed by atoms with Crippen molar-refractivity contribution in [3.63, 3.8) is 0 Å². The van der Waals surface area contributed by atoms with Crippen molar-refractivity contribution in [2.75, 3.05) is 7.05 Å². The van der Waals surface area contributed by atoms with E-state index in [4.69, 9.17) is 17.3 Å². The Morgan fingerprint density at radius 2 is 2.44 bits per heavy atom. The molecule has 1 heterocycles. The van der Waals surface area contributed by atoms with Crippen LogP contribution in [0.3, 0.4) is 0 Å². The molecular formula is C5H8ClN3. The van der Waals surface area contributed by atoms with Gasteiger partial charge in [0.15, 0.2) is 0 Å². The minimum Gasteiger partial charge on any atom is -0.397 e. The Morgan fingerprint density at radius 1 is 1.78 bits per heavy atom. The second kappa shape index (κ2) is 2.19. The molecule has 0 saturated carbocycles. The largest absolute Gasteiger partial charge is 0.397 e. The molecule has 3 N–H and O–H groups in total. The maximum Gasteiger partial charge on any atom is 0.125 e. The van der Waals surface area contributed by atoms with Crippen molar-refractivity contribution >= 4 is 11.6 Å². The lowest BCUT2D eigenvalue weighted by atomic mass is 10.4. The minimum absolute atomic E-state index is 0.593. The van der Waals surface area contributed by atoms with E-state index in [0.29, 0.717) is 10.9 Å². The molecule has 1 aliphatic rings. The van der Waals surface area contributed by atoms with Crippen LogP contribution in [-0.4, -0.2) is 12.1 Å². The van der Waals surface area contributed by atoms with Crippen molar-refractivity contribution in [2.24, 2.45) is 5.73 Å². The number of rotatable bonds is 0. The third-order valence-corrected chi connectivity index (χ3v) is 1.39. The fourth-order valence-electron chi connectivity index (χ4n) is 0.509. The highest BCUT2D eigenvalue weighted by Gasteiger charge is 2.02. The van der Waals surface area contributed by atoms with E-state index in [0.717, 1.165) is 0 Å². The van der Waals surface area contributed by atoms with Gasteiger partial charge in [-0.15, -0.1) is 0 Å². The summed E-state index contributed by atoms with van der Waals surface area (Å²) in [6.07, 6.45) is 3.35. The summed E-state index contributed by atoms with van der Waals surface area (Å²) in [6.45, 7) is 0. The highest BCUT2D eigenvalue weighted by atomic mass is 35.5. The molecule has 0 saturated heterocycles. The summed E-state index contributed by atoms with van der Waals surface area (Å²) >= 11 is 5.67. The first-order chi connectivity index (χ1) is 4.20. The summed E-state index contributed by atoms with van der Waals surface area (Å²) in [6, 6.07) is 0. The van der Waals surface area contributed by atoms with Crippen LogP contribution in [0.5, 0.6) is 0 Å². The summed E-state index contributed by atoms with van der Waals surface area (Å²) in [7, 11) is 1.81. The number of nitrogens with zero attached hydrogens (tertiary/aromatic N) is 1. The van der Waals surface area contributed by atoms with Crippen LogP contribution in [0.4, 0.5) is 0 Å². The van der Waals surface area contributed by atoms with Crippen LogP contribution in [0.2, 0.25) is 0 Å². The predicted octanol–water partition coefficient (Wildman–Crippen LogP) is 0.317. The summed E-state index contributed by atoms with van der Waals surface area (Å²) < 4.78 is 0. The van der Waals surface area contributed by atoms with Gasteiger partial charge in [0.2, 0.25) is 0 Å². The third-order valence-electron chi connectivity index (χ3n) is 1.03. The lowest BCUT2D eigenvalue weighted by molar-refractivity contribution is 0.367. The molecule has 1 aliphatic heterocycles. The van der Waals surface area contributed by atoms with Gasteiger partial charge in [-0.2, -0.15) is 0 Å². The quantitative estimate of drug-likeness (QED) is 0.483. The van der Waals surface area contributed by atoms with Gasteiger partial charge in [0, 0.05) is 13.2 Å². The van der Waals surface area contributed by atoms with Gasteiger partial charge in [0.05, 0.1) is 5.70 Å². The molecular weight excluding hydrogens is 138 g/mol. The maximum atomic E-state index is 5.67. The number of allylic oxidation sites excluding steroid dienone is 1. The topological polar surface area (TPSA) is 41.3 Å². The van der Waals surface area contributed by atoms with Gasteiger partial charge in [-0.25, -0.2) is 0 Å². The monoisotopic (exact) mass is 145 g/mol. The van der Waals surface area contributed by atoms with Gasteiger partial charge in [-0.1, -0.05) is 11.6 Å². The van der Waals surface area contributed by atoms with E-state index in [2.05, 4.69) is 5.43 Å². The lowest BCUT2D eigenvalue weighted by Gasteiger charge is -2.21. The molecule has 0 bridgehead atoms. The average molecular weight is 146 g/mol. The van der Waals surface area contributed by atoms with Gasteiger partial charge in [-0.3, -0.25) is 5.01 Å². The summed E-state index contributed by atoms with van der Waals surface area (Å²) in [4.78, 5) is 0. The molecule has 0 atom stereocenters. The fourth-order valence-corrected chi connectivity index (χ4v) is 0.684. The van der Waals surface area contributed by atoms with E-state index < -0.39 is 0 Å². The van der Waals surface area contributed by atoms with E-state index in [9.17, 15) is 0 Å². The highest BCUT2D eigenvalue weighted by molar-refractivity contribution is 6.29. The van der Waals surface area contributed by atoms with E-state index in [1.807, 2.05) is 7.05 Å². The first kappa shape index (κ1) is 6.29. The second-order valence-electron chi connectivity index (χ2n) is 1.80. The molecule has 0 amide bonds. The fraction of sp³-hybridized carbons (Fsp3) is 0.200. The Kier molecular flexibility index (Phi) is 1.53. The smallest absolute Gasteiger partial charge is 0.125 e. The summed E-state index contributed by atoms with van der Waals surface area (Å²) in [5.74, 6) is 0. The number of hydrazine groups is 1. The summed E-state index contributed by atoms with van der Waals surface area (Å²) in [5.41, 5.74) is 8.86. The van der Waals surface area contributed by atoms with Crippen LogP contribution in [0, 0.1) is 0 Å². The molecule has 50 valence electrons. The molecule has 0 aromatic rings. The number of halogens is 1. The zero-order chi connectivity index (χ0) is 6.85. The molecule has 1 rings (SSSR count). The average Bonchev–Trinajstić information content (AvgIpc) is 1.80. The van der Waals surface area contributed by atoms with Crippen LogP contribution in [-0.2, 0) is 0 Å². The van der Waals surface area contributed by atoms with Crippen molar-refractivity contribution in [1.82, 2.24) is 10.4 Å². The van der Waals surface area contributed by atoms with Crippen LogP contribution >= 0.6 is 11.6 Å². The van der Waals surface area contributed by atoms with Crippen molar-refractivity contribution in [3.8, 4) is 0 Å². The third kappa shape index (κ3) is 1.29. The van der Waals surface area contributed by atoms with Crippen molar-refractivity contribution in [2.45, 2.75) is 0 Å². The number of hydrogen-bond acceptors (Lipinski definition) is 3. The first-order valence-corrected chi connectivity index (χ1v) is 2.90. The Labute approximate surface area is 58.7 Å². The Morgan fingerprint density at radius 3 is 2.89 bits per heavy atom. The number of nitrogens with one attached hydrogen (secondary N) is 1. The molecule has 0 aliphatic carbocycles. The Hall–Kier alpha value is -0.830. The van der Waals surface area contributed by atoms with Gasteiger partial charge >= 0.3 is 0 Å². The van der Waals surface area contributed by atoms with Crippen molar-refractivity contribution in [1.29, 1.82) is 0 Å². The molecule has 0 aromatic carbocycles.